The molecule has 2 amide bonds. The molecule has 7 nitrogen and oxygen atoms in total. The number of amides is 2. The first-order chi connectivity index (χ1) is 13.2. The van der Waals surface area contributed by atoms with Crippen LogP contribution in [-0.2, 0) is 6.54 Å². The Morgan fingerprint density at radius 2 is 1.67 bits per heavy atom. The van der Waals surface area contributed by atoms with Gasteiger partial charge in [-0.05, 0) is 48.0 Å². The lowest BCUT2D eigenvalue weighted by atomic mass is 10.2. The second-order valence-corrected chi connectivity index (χ2v) is 5.59. The SMILES string of the molecule is N#Cc1cccc(NC(=O)c2cccc(C(=O)NCc3ccncc3)n2)c1. The van der Waals surface area contributed by atoms with Crippen molar-refractivity contribution in [2.75, 3.05) is 5.32 Å². The molecule has 3 rings (SSSR count). The van der Waals surface area contributed by atoms with E-state index in [-0.39, 0.29) is 17.3 Å². The minimum atomic E-state index is -0.464. The molecule has 0 aliphatic rings. The van der Waals surface area contributed by atoms with Gasteiger partial charge in [0.1, 0.15) is 11.4 Å². The van der Waals surface area contributed by atoms with Crippen molar-refractivity contribution >= 4 is 17.5 Å². The maximum atomic E-state index is 12.4. The first-order valence-electron chi connectivity index (χ1n) is 8.11. The molecule has 132 valence electrons. The van der Waals surface area contributed by atoms with E-state index in [2.05, 4.69) is 20.6 Å². The van der Waals surface area contributed by atoms with Crippen molar-refractivity contribution in [3.8, 4) is 6.07 Å². The standard InChI is InChI=1S/C20H15N5O2/c21-12-15-3-1-4-16(11-15)24-20(27)18-6-2-5-17(25-18)19(26)23-13-14-7-9-22-10-8-14/h1-11H,13H2,(H,23,26)(H,24,27). The highest BCUT2D eigenvalue weighted by Gasteiger charge is 2.12. The second-order valence-electron chi connectivity index (χ2n) is 5.59. The number of nitriles is 1. The summed E-state index contributed by atoms with van der Waals surface area (Å²) in [5, 5.41) is 14.3. The van der Waals surface area contributed by atoms with Crippen molar-refractivity contribution in [2.24, 2.45) is 0 Å². The predicted molar refractivity (Wildman–Crippen MR) is 98.8 cm³/mol. The fourth-order valence-corrected chi connectivity index (χ4v) is 2.32. The minimum absolute atomic E-state index is 0.105. The summed E-state index contributed by atoms with van der Waals surface area (Å²) in [6, 6.07) is 16.8. The number of rotatable bonds is 5. The van der Waals surface area contributed by atoms with E-state index >= 15 is 0 Å². The van der Waals surface area contributed by atoms with Crippen molar-refractivity contribution in [3.05, 3.63) is 89.5 Å². The first kappa shape index (κ1) is 17.8. The normalized spacial score (nSPS) is 9.89. The van der Waals surface area contributed by atoms with E-state index < -0.39 is 5.91 Å². The Kier molecular flexibility index (Phi) is 5.50. The molecule has 0 atom stereocenters. The predicted octanol–water partition coefficient (Wildman–Crippen LogP) is 2.53. The Morgan fingerprint density at radius 1 is 0.963 bits per heavy atom. The molecular formula is C20H15N5O2. The molecule has 2 N–H and O–H groups in total. The summed E-state index contributed by atoms with van der Waals surface area (Å²) in [4.78, 5) is 32.7. The van der Waals surface area contributed by atoms with Gasteiger partial charge in [-0.3, -0.25) is 14.6 Å². The lowest BCUT2D eigenvalue weighted by Gasteiger charge is -2.07. The van der Waals surface area contributed by atoms with Crippen molar-refractivity contribution in [2.45, 2.75) is 6.54 Å². The third-order valence-corrected chi connectivity index (χ3v) is 3.67. The number of anilines is 1. The van der Waals surface area contributed by atoms with E-state index in [9.17, 15) is 9.59 Å². The molecule has 27 heavy (non-hydrogen) atoms. The van der Waals surface area contributed by atoms with Gasteiger partial charge in [0, 0.05) is 24.6 Å². The van der Waals surface area contributed by atoms with Gasteiger partial charge in [0.25, 0.3) is 11.8 Å². The van der Waals surface area contributed by atoms with E-state index in [1.54, 1.807) is 54.9 Å². The van der Waals surface area contributed by atoms with E-state index in [0.717, 1.165) is 5.56 Å². The number of carbonyl (C=O) groups excluding carboxylic acids is 2. The number of carbonyl (C=O) groups is 2. The van der Waals surface area contributed by atoms with Crippen LogP contribution in [-0.4, -0.2) is 21.8 Å². The van der Waals surface area contributed by atoms with Gasteiger partial charge in [0.15, 0.2) is 0 Å². The molecule has 0 aliphatic carbocycles. The monoisotopic (exact) mass is 357 g/mol. The zero-order valence-electron chi connectivity index (χ0n) is 14.2. The Hall–Kier alpha value is -4.05. The van der Waals surface area contributed by atoms with Crippen LogP contribution in [0.3, 0.4) is 0 Å². The van der Waals surface area contributed by atoms with Crippen LogP contribution in [0.25, 0.3) is 0 Å². The van der Waals surface area contributed by atoms with Gasteiger partial charge in [-0.15, -0.1) is 0 Å². The Labute approximate surface area is 155 Å². The fourth-order valence-electron chi connectivity index (χ4n) is 2.32. The summed E-state index contributed by atoms with van der Waals surface area (Å²) in [6.07, 6.45) is 3.29. The maximum Gasteiger partial charge on any atom is 0.274 e. The zero-order chi connectivity index (χ0) is 19.1. The molecular weight excluding hydrogens is 342 g/mol. The van der Waals surface area contributed by atoms with Crippen LogP contribution in [0, 0.1) is 11.3 Å². The highest BCUT2D eigenvalue weighted by molar-refractivity contribution is 6.03. The lowest BCUT2D eigenvalue weighted by molar-refractivity contribution is 0.0945. The molecule has 1 aromatic carbocycles. The van der Waals surface area contributed by atoms with Crippen LogP contribution < -0.4 is 10.6 Å². The van der Waals surface area contributed by atoms with Crippen molar-refractivity contribution in [3.63, 3.8) is 0 Å². The Morgan fingerprint density at radius 3 is 2.41 bits per heavy atom. The van der Waals surface area contributed by atoms with Crippen LogP contribution >= 0.6 is 0 Å². The van der Waals surface area contributed by atoms with Gasteiger partial charge in [0.05, 0.1) is 11.6 Å². The molecule has 0 fully saturated rings. The molecule has 0 saturated heterocycles. The number of benzene rings is 1. The number of hydrogen-bond donors (Lipinski definition) is 2. The zero-order valence-corrected chi connectivity index (χ0v) is 14.2. The Bertz CT molecular complexity index is 1010. The average Bonchev–Trinajstić information content (AvgIpc) is 2.73. The highest BCUT2D eigenvalue weighted by Crippen LogP contribution is 2.11. The fraction of sp³-hybridized carbons (Fsp3) is 0.0500. The van der Waals surface area contributed by atoms with Crippen LogP contribution in [0.1, 0.15) is 32.1 Å². The number of aromatic nitrogens is 2. The minimum Gasteiger partial charge on any atom is -0.347 e. The van der Waals surface area contributed by atoms with E-state index in [1.165, 1.54) is 12.1 Å². The summed E-state index contributed by atoms with van der Waals surface area (Å²) in [7, 11) is 0. The van der Waals surface area contributed by atoms with E-state index in [4.69, 9.17) is 5.26 Å². The molecule has 7 heteroatoms. The van der Waals surface area contributed by atoms with Gasteiger partial charge < -0.3 is 10.6 Å². The summed E-state index contributed by atoms with van der Waals surface area (Å²) in [5.41, 5.74) is 2.07. The quantitative estimate of drug-likeness (QED) is 0.729. The second kappa shape index (κ2) is 8.36. The molecule has 0 unspecified atom stereocenters. The maximum absolute atomic E-state index is 12.4. The smallest absolute Gasteiger partial charge is 0.274 e. The number of hydrogen-bond acceptors (Lipinski definition) is 5. The van der Waals surface area contributed by atoms with Gasteiger partial charge in [-0.1, -0.05) is 12.1 Å². The largest absolute Gasteiger partial charge is 0.347 e. The van der Waals surface area contributed by atoms with Crippen LogP contribution in [0.5, 0.6) is 0 Å². The van der Waals surface area contributed by atoms with Crippen LogP contribution in [0.2, 0.25) is 0 Å². The molecule has 0 bridgehead atoms. The van der Waals surface area contributed by atoms with Crippen molar-refractivity contribution in [1.82, 2.24) is 15.3 Å². The summed E-state index contributed by atoms with van der Waals surface area (Å²) >= 11 is 0. The van der Waals surface area contributed by atoms with E-state index in [0.29, 0.717) is 17.8 Å². The van der Waals surface area contributed by atoms with Gasteiger partial charge in [-0.2, -0.15) is 5.26 Å². The van der Waals surface area contributed by atoms with Gasteiger partial charge in [0.2, 0.25) is 0 Å². The number of nitrogens with one attached hydrogen (secondary N) is 2. The van der Waals surface area contributed by atoms with Crippen LogP contribution in [0.15, 0.2) is 67.0 Å². The topological polar surface area (TPSA) is 108 Å². The summed E-state index contributed by atoms with van der Waals surface area (Å²) < 4.78 is 0. The third-order valence-electron chi connectivity index (χ3n) is 3.67. The summed E-state index contributed by atoms with van der Waals surface area (Å²) in [6.45, 7) is 0.334. The molecule has 2 heterocycles. The summed E-state index contributed by atoms with van der Waals surface area (Å²) in [5.74, 6) is -0.846. The van der Waals surface area contributed by atoms with Crippen molar-refractivity contribution in [1.29, 1.82) is 5.26 Å². The van der Waals surface area contributed by atoms with Crippen molar-refractivity contribution < 1.29 is 9.59 Å². The third kappa shape index (κ3) is 4.74. The van der Waals surface area contributed by atoms with Gasteiger partial charge in [-0.25, -0.2) is 4.98 Å². The molecule has 0 radical (unpaired) electrons. The van der Waals surface area contributed by atoms with Gasteiger partial charge >= 0.3 is 0 Å². The molecule has 0 saturated carbocycles. The highest BCUT2D eigenvalue weighted by atomic mass is 16.2. The van der Waals surface area contributed by atoms with Crippen LogP contribution in [0.4, 0.5) is 5.69 Å². The number of pyridine rings is 2. The number of nitrogens with zero attached hydrogens (tertiary/aromatic N) is 3. The first-order valence-corrected chi connectivity index (χ1v) is 8.11. The molecule has 3 aromatic rings. The molecule has 0 spiro atoms. The molecule has 0 aliphatic heterocycles. The van der Waals surface area contributed by atoms with E-state index in [1.807, 2.05) is 6.07 Å². The molecule has 2 aromatic heterocycles. The average molecular weight is 357 g/mol. The Balaban J connectivity index is 1.68. The lowest BCUT2D eigenvalue weighted by Crippen LogP contribution is -2.25.